The zero-order chi connectivity index (χ0) is 16.4. The van der Waals surface area contributed by atoms with Crippen LogP contribution in [-0.4, -0.2) is 32.4 Å². The molecule has 2 unspecified atom stereocenters. The first-order valence-electron chi connectivity index (χ1n) is 7.87. The van der Waals surface area contributed by atoms with E-state index in [-0.39, 0.29) is 6.04 Å². The molecule has 0 bridgehead atoms. The minimum Gasteiger partial charge on any atom is -0.388 e. The molecule has 0 saturated carbocycles. The molecule has 1 aliphatic heterocycles. The highest BCUT2D eigenvalue weighted by Gasteiger charge is 2.27. The standard InChI is InChI=1S/C17H21F2N3O/c1-21-11-13(9-20-21)17(23)8-14-3-2-6-22(14)10-12-4-5-15(18)16(19)7-12/h4-5,7,9,11,14,17,23H,2-3,6,8,10H2,1H3. The number of likely N-dealkylation sites (tertiary alicyclic amines) is 1. The van der Waals surface area contributed by atoms with Crippen LogP contribution in [-0.2, 0) is 13.6 Å². The number of rotatable bonds is 5. The molecule has 1 aromatic heterocycles. The minimum absolute atomic E-state index is 0.235. The van der Waals surface area contributed by atoms with Crippen molar-refractivity contribution in [2.24, 2.45) is 7.05 Å². The van der Waals surface area contributed by atoms with E-state index in [1.54, 1.807) is 16.9 Å². The molecule has 0 amide bonds. The molecule has 2 heterocycles. The van der Waals surface area contributed by atoms with Gasteiger partial charge in [0.2, 0.25) is 0 Å². The van der Waals surface area contributed by atoms with Gasteiger partial charge in [-0.05, 0) is 43.5 Å². The van der Waals surface area contributed by atoms with Crippen molar-refractivity contribution in [1.29, 1.82) is 0 Å². The number of nitrogens with zero attached hydrogens (tertiary/aromatic N) is 3. The first-order valence-corrected chi connectivity index (χ1v) is 7.87. The third-order valence-electron chi connectivity index (χ3n) is 4.47. The van der Waals surface area contributed by atoms with E-state index in [2.05, 4.69) is 10.00 Å². The fourth-order valence-electron chi connectivity index (χ4n) is 3.25. The van der Waals surface area contributed by atoms with Gasteiger partial charge < -0.3 is 5.11 Å². The molecule has 0 spiro atoms. The molecule has 3 rings (SSSR count). The largest absolute Gasteiger partial charge is 0.388 e. The van der Waals surface area contributed by atoms with Crippen LogP contribution in [0.2, 0.25) is 0 Å². The number of aliphatic hydroxyl groups excluding tert-OH is 1. The van der Waals surface area contributed by atoms with Crippen LogP contribution in [0.15, 0.2) is 30.6 Å². The summed E-state index contributed by atoms with van der Waals surface area (Å²) in [6.45, 7) is 1.48. The normalized spacial score (nSPS) is 20.1. The SMILES string of the molecule is Cn1cc(C(O)CC2CCCN2Cc2ccc(F)c(F)c2)cn1. The Morgan fingerprint density at radius 3 is 2.87 bits per heavy atom. The molecule has 1 fully saturated rings. The first kappa shape index (κ1) is 16.1. The highest BCUT2D eigenvalue weighted by atomic mass is 19.2. The Labute approximate surface area is 134 Å². The van der Waals surface area contributed by atoms with Crippen molar-refractivity contribution in [3.05, 3.63) is 53.4 Å². The highest BCUT2D eigenvalue weighted by molar-refractivity contribution is 5.18. The number of aliphatic hydroxyl groups is 1. The molecule has 6 heteroatoms. The maximum Gasteiger partial charge on any atom is 0.159 e. The van der Waals surface area contributed by atoms with Crippen LogP contribution in [0, 0.1) is 11.6 Å². The molecular weight excluding hydrogens is 300 g/mol. The van der Waals surface area contributed by atoms with E-state index in [1.807, 2.05) is 13.2 Å². The number of halogens is 2. The van der Waals surface area contributed by atoms with E-state index in [0.29, 0.717) is 13.0 Å². The van der Waals surface area contributed by atoms with Crippen molar-refractivity contribution in [1.82, 2.24) is 14.7 Å². The summed E-state index contributed by atoms with van der Waals surface area (Å²) in [5, 5.41) is 14.5. The van der Waals surface area contributed by atoms with E-state index in [1.165, 1.54) is 12.1 Å². The lowest BCUT2D eigenvalue weighted by Crippen LogP contribution is -2.30. The van der Waals surface area contributed by atoms with Gasteiger partial charge in [-0.25, -0.2) is 8.78 Å². The maximum absolute atomic E-state index is 13.3. The van der Waals surface area contributed by atoms with Crippen molar-refractivity contribution in [2.75, 3.05) is 6.54 Å². The Morgan fingerprint density at radius 1 is 1.35 bits per heavy atom. The lowest BCUT2D eigenvalue weighted by Gasteiger charge is -2.26. The van der Waals surface area contributed by atoms with Gasteiger partial charge in [-0.2, -0.15) is 5.10 Å². The predicted molar refractivity (Wildman–Crippen MR) is 82.6 cm³/mol. The van der Waals surface area contributed by atoms with E-state index >= 15 is 0 Å². The molecule has 1 aromatic carbocycles. The van der Waals surface area contributed by atoms with Crippen LogP contribution < -0.4 is 0 Å². The van der Waals surface area contributed by atoms with Crippen LogP contribution >= 0.6 is 0 Å². The number of hydrogen-bond donors (Lipinski definition) is 1. The quantitative estimate of drug-likeness (QED) is 0.921. The van der Waals surface area contributed by atoms with Crippen LogP contribution in [0.4, 0.5) is 8.78 Å². The number of benzene rings is 1. The second kappa shape index (κ2) is 6.76. The van der Waals surface area contributed by atoms with Gasteiger partial charge in [-0.1, -0.05) is 6.07 Å². The lowest BCUT2D eigenvalue weighted by atomic mass is 10.0. The van der Waals surface area contributed by atoms with Gasteiger partial charge in [0.1, 0.15) is 0 Å². The summed E-state index contributed by atoms with van der Waals surface area (Å²) in [6, 6.07) is 4.27. The third kappa shape index (κ3) is 3.76. The molecule has 2 atom stereocenters. The van der Waals surface area contributed by atoms with Gasteiger partial charge in [-0.15, -0.1) is 0 Å². The molecule has 4 nitrogen and oxygen atoms in total. The van der Waals surface area contributed by atoms with E-state index < -0.39 is 17.7 Å². The number of hydrogen-bond acceptors (Lipinski definition) is 3. The second-order valence-electron chi connectivity index (χ2n) is 6.21. The molecule has 23 heavy (non-hydrogen) atoms. The van der Waals surface area contributed by atoms with Crippen molar-refractivity contribution >= 4 is 0 Å². The summed E-state index contributed by atoms with van der Waals surface area (Å²) >= 11 is 0. The molecular formula is C17H21F2N3O. The van der Waals surface area contributed by atoms with Crippen molar-refractivity contribution in [2.45, 2.75) is 38.0 Å². The van der Waals surface area contributed by atoms with Gasteiger partial charge in [0.15, 0.2) is 11.6 Å². The Morgan fingerprint density at radius 2 is 2.17 bits per heavy atom. The summed E-state index contributed by atoms with van der Waals surface area (Å²) in [7, 11) is 1.82. The third-order valence-corrected chi connectivity index (χ3v) is 4.47. The zero-order valence-electron chi connectivity index (χ0n) is 13.1. The van der Waals surface area contributed by atoms with Crippen LogP contribution in [0.3, 0.4) is 0 Å². The summed E-state index contributed by atoms with van der Waals surface area (Å²) in [5.74, 6) is -1.63. The number of aryl methyl sites for hydroxylation is 1. The number of aromatic nitrogens is 2. The van der Waals surface area contributed by atoms with Gasteiger partial charge in [0, 0.05) is 31.4 Å². The van der Waals surface area contributed by atoms with Gasteiger partial charge in [-0.3, -0.25) is 9.58 Å². The summed E-state index contributed by atoms with van der Waals surface area (Å²) in [6.07, 6.45) is 5.61. The molecule has 0 aliphatic carbocycles. The Balaban J connectivity index is 1.64. The predicted octanol–water partition coefficient (Wildman–Crippen LogP) is 2.79. The van der Waals surface area contributed by atoms with Crippen LogP contribution in [0.5, 0.6) is 0 Å². The van der Waals surface area contributed by atoms with Crippen molar-refractivity contribution in [3.8, 4) is 0 Å². The van der Waals surface area contributed by atoms with Gasteiger partial charge in [0.25, 0.3) is 0 Å². The van der Waals surface area contributed by atoms with Gasteiger partial charge in [0.05, 0.1) is 12.3 Å². The lowest BCUT2D eigenvalue weighted by molar-refractivity contribution is 0.118. The Hall–Kier alpha value is -1.79. The van der Waals surface area contributed by atoms with Crippen molar-refractivity contribution < 1.29 is 13.9 Å². The van der Waals surface area contributed by atoms with Crippen LogP contribution in [0.25, 0.3) is 0 Å². The molecule has 1 saturated heterocycles. The summed E-state index contributed by atoms with van der Waals surface area (Å²) < 4.78 is 28.0. The summed E-state index contributed by atoms with van der Waals surface area (Å²) in [5.41, 5.74) is 1.57. The monoisotopic (exact) mass is 321 g/mol. The average Bonchev–Trinajstić information content (AvgIpc) is 3.13. The molecule has 2 aromatic rings. The Kier molecular flexibility index (Phi) is 4.73. The fraction of sp³-hybridized carbons (Fsp3) is 0.471. The maximum atomic E-state index is 13.3. The zero-order valence-corrected chi connectivity index (χ0v) is 13.1. The molecule has 124 valence electrons. The van der Waals surface area contributed by atoms with Gasteiger partial charge >= 0.3 is 0 Å². The molecule has 1 N–H and O–H groups in total. The molecule has 0 radical (unpaired) electrons. The second-order valence-corrected chi connectivity index (χ2v) is 6.21. The van der Waals surface area contributed by atoms with E-state index in [0.717, 1.165) is 30.5 Å². The van der Waals surface area contributed by atoms with Crippen molar-refractivity contribution in [3.63, 3.8) is 0 Å². The van der Waals surface area contributed by atoms with Crippen LogP contribution in [0.1, 0.15) is 36.5 Å². The minimum atomic E-state index is -0.821. The smallest absolute Gasteiger partial charge is 0.159 e. The average molecular weight is 321 g/mol. The Bertz CT molecular complexity index is 674. The fourth-order valence-corrected chi connectivity index (χ4v) is 3.25. The molecule has 1 aliphatic rings. The topological polar surface area (TPSA) is 41.3 Å². The van der Waals surface area contributed by atoms with E-state index in [4.69, 9.17) is 0 Å². The first-order chi connectivity index (χ1) is 11.0. The summed E-state index contributed by atoms with van der Waals surface area (Å²) in [4.78, 5) is 2.23. The van der Waals surface area contributed by atoms with E-state index in [9.17, 15) is 13.9 Å². The highest BCUT2D eigenvalue weighted by Crippen LogP contribution is 2.28.